The molecule has 0 aromatic heterocycles. The van der Waals surface area contributed by atoms with Gasteiger partial charge in [-0.1, -0.05) is 0 Å². The van der Waals surface area contributed by atoms with Crippen molar-refractivity contribution in [2.75, 3.05) is 0 Å². The lowest BCUT2D eigenvalue weighted by molar-refractivity contribution is -0.515. The van der Waals surface area contributed by atoms with Crippen molar-refractivity contribution in [2.45, 2.75) is 72.9 Å². The van der Waals surface area contributed by atoms with Crippen molar-refractivity contribution in [3.63, 3.8) is 0 Å². The summed E-state index contributed by atoms with van der Waals surface area (Å²) in [4.78, 5) is 0. The molecule has 0 saturated carbocycles. The minimum absolute atomic E-state index is 1.06. The molecule has 0 heterocycles. The summed E-state index contributed by atoms with van der Waals surface area (Å²) in [5.74, 6) is -15.4. The molecule has 212 valence electrons. The topological polar surface area (TPSA) is 9.23 Å². The maximum absolute atomic E-state index is 13.8. The fourth-order valence-corrected chi connectivity index (χ4v) is 2.22. The first kappa shape index (κ1) is 33.4. The molecule has 0 bridgehead atoms. The Labute approximate surface area is 176 Å². The van der Waals surface area contributed by atoms with E-state index in [1.807, 2.05) is 0 Å². The van der Waals surface area contributed by atoms with Crippen LogP contribution in [0.15, 0.2) is 0 Å². The maximum atomic E-state index is 13.8. The standard InChI is InChI=1S/C12H4F22O/c13-3(14,1-5(17,18)19)7(23,9(25,26)27)11(31,32)35-12(33,34)8(24,10(28,29)30)4(15,16)2-6(20,21)22/h1-2H2. The van der Waals surface area contributed by atoms with Crippen LogP contribution in [-0.2, 0) is 4.74 Å². The molecule has 0 rings (SSSR count). The van der Waals surface area contributed by atoms with Gasteiger partial charge in [-0.3, -0.25) is 0 Å². The van der Waals surface area contributed by atoms with Crippen LogP contribution in [0.2, 0.25) is 0 Å². The largest absolute Gasteiger partial charge is 0.437 e. The van der Waals surface area contributed by atoms with Gasteiger partial charge in [-0.15, -0.1) is 0 Å². The maximum Gasteiger partial charge on any atom is 0.437 e. The van der Waals surface area contributed by atoms with Crippen molar-refractivity contribution in [3.05, 3.63) is 0 Å². The molecule has 0 aromatic carbocycles. The quantitative estimate of drug-likeness (QED) is 0.265. The third kappa shape index (κ3) is 6.05. The van der Waals surface area contributed by atoms with Gasteiger partial charge in [0, 0.05) is 0 Å². The molecule has 0 saturated heterocycles. The Hall–Kier alpha value is -1.58. The average molecular weight is 582 g/mol. The molecule has 0 aliphatic rings. The zero-order chi connectivity index (χ0) is 29.1. The molecule has 0 aliphatic carbocycles. The van der Waals surface area contributed by atoms with Gasteiger partial charge in [-0.25, -0.2) is 31.1 Å². The molecular weight excluding hydrogens is 578 g/mol. The van der Waals surface area contributed by atoms with Crippen LogP contribution in [0.25, 0.3) is 0 Å². The Balaban J connectivity index is 7.06. The van der Waals surface area contributed by atoms with E-state index in [4.69, 9.17) is 0 Å². The second-order valence-electron chi connectivity index (χ2n) is 6.44. The highest BCUT2D eigenvalue weighted by molar-refractivity contribution is 5.10. The normalized spacial score (nSPS) is 19.4. The molecule has 0 radical (unpaired) electrons. The Morgan fingerprint density at radius 1 is 0.343 bits per heavy atom. The van der Waals surface area contributed by atoms with E-state index in [2.05, 4.69) is 0 Å². The van der Waals surface area contributed by atoms with Crippen LogP contribution in [0.3, 0.4) is 0 Å². The lowest BCUT2D eigenvalue weighted by Crippen LogP contribution is -2.73. The zero-order valence-electron chi connectivity index (χ0n) is 15.1. The van der Waals surface area contributed by atoms with Gasteiger partial charge in [-0.2, -0.15) is 70.2 Å². The summed E-state index contributed by atoms with van der Waals surface area (Å²) in [5, 5.41) is 0. The molecule has 35 heavy (non-hydrogen) atoms. The van der Waals surface area contributed by atoms with E-state index in [1.54, 1.807) is 0 Å². The van der Waals surface area contributed by atoms with Gasteiger partial charge in [0.2, 0.25) is 0 Å². The van der Waals surface area contributed by atoms with Crippen LogP contribution in [0, 0.1) is 0 Å². The first-order valence-corrected chi connectivity index (χ1v) is 7.48. The second-order valence-corrected chi connectivity index (χ2v) is 6.44. The Kier molecular flexibility index (Phi) is 8.10. The van der Waals surface area contributed by atoms with Crippen LogP contribution >= 0.6 is 0 Å². The molecular formula is C12H4F22O. The van der Waals surface area contributed by atoms with Crippen molar-refractivity contribution in [2.24, 2.45) is 0 Å². The van der Waals surface area contributed by atoms with Crippen molar-refractivity contribution in [1.82, 2.24) is 0 Å². The fraction of sp³-hybridized carbons (Fsp3) is 1.00. The molecule has 0 spiro atoms. The smallest absolute Gasteiger partial charge is 0.249 e. The first-order chi connectivity index (χ1) is 14.6. The summed E-state index contributed by atoms with van der Waals surface area (Å²) in [6.07, 6.45) is -56.2. The highest BCUT2D eigenvalue weighted by Crippen LogP contribution is 2.62. The van der Waals surface area contributed by atoms with Gasteiger partial charge in [0.1, 0.15) is 12.8 Å². The van der Waals surface area contributed by atoms with Gasteiger partial charge in [0.15, 0.2) is 0 Å². The van der Waals surface area contributed by atoms with E-state index in [1.165, 1.54) is 0 Å². The van der Waals surface area contributed by atoms with Crippen molar-refractivity contribution in [1.29, 1.82) is 0 Å². The van der Waals surface area contributed by atoms with Crippen LogP contribution in [0.1, 0.15) is 12.8 Å². The fourth-order valence-electron chi connectivity index (χ4n) is 2.22. The van der Waals surface area contributed by atoms with E-state index < -0.39 is 72.9 Å². The number of halogens is 22. The molecule has 2 unspecified atom stereocenters. The van der Waals surface area contributed by atoms with Crippen LogP contribution in [0.4, 0.5) is 96.6 Å². The summed E-state index contributed by atoms with van der Waals surface area (Å²) < 4.78 is 283. The van der Waals surface area contributed by atoms with E-state index >= 15 is 0 Å². The Morgan fingerprint density at radius 2 is 0.543 bits per heavy atom. The van der Waals surface area contributed by atoms with Gasteiger partial charge >= 0.3 is 60.1 Å². The van der Waals surface area contributed by atoms with E-state index in [0.29, 0.717) is 0 Å². The SMILES string of the molecule is FC(F)(F)CC(F)(F)C(F)(C(F)(F)F)C(F)(F)OC(F)(F)C(F)(C(F)(F)F)C(F)(F)CC(F)(F)F. The van der Waals surface area contributed by atoms with Crippen LogP contribution in [-0.4, -0.2) is 60.1 Å². The third-order valence-electron chi connectivity index (χ3n) is 3.69. The monoisotopic (exact) mass is 582 g/mol. The third-order valence-corrected chi connectivity index (χ3v) is 3.69. The predicted molar refractivity (Wildman–Crippen MR) is 62.0 cm³/mol. The number of hydrogen-bond acceptors (Lipinski definition) is 1. The molecule has 0 fully saturated rings. The predicted octanol–water partition coefficient (Wildman–Crippen LogP) is 7.91. The van der Waals surface area contributed by atoms with Gasteiger partial charge in [0.05, 0.1) is 0 Å². The molecule has 1 nitrogen and oxygen atoms in total. The molecule has 23 heteroatoms. The summed E-state index contributed by atoms with van der Waals surface area (Å²) in [6, 6.07) is 0. The van der Waals surface area contributed by atoms with Crippen molar-refractivity contribution >= 4 is 0 Å². The number of hydrogen-bond donors (Lipinski definition) is 0. The highest BCUT2D eigenvalue weighted by Gasteiger charge is 2.91. The molecule has 0 aliphatic heterocycles. The molecule has 0 aromatic rings. The highest BCUT2D eigenvalue weighted by atomic mass is 19.4. The van der Waals surface area contributed by atoms with Gasteiger partial charge < -0.3 is 0 Å². The lowest BCUT2D eigenvalue weighted by Gasteiger charge is -2.44. The van der Waals surface area contributed by atoms with E-state index in [-0.39, 0.29) is 0 Å². The zero-order valence-corrected chi connectivity index (χ0v) is 15.1. The minimum Gasteiger partial charge on any atom is -0.249 e. The van der Waals surface area contributed by atoms with Gasteiger partial charge in [0.25, 0.3) is 0 Å². The first-order valence-electron chi connectivity index (χ1n) is 7.48. The summed E-state index contributed by atoms with van der Waals surface area (Å²) in [5.41, 5.74) is -16.9. The number of ether oxygens (including phenoxy) is 1. The summed E-state index contributed by atoms with van der Waals surface area (Å²) >= 11 is 0. The number of alkyl halides is 22. The van der Waals surface area contributed by atoms with E-state index in [0.717, 1.165) is 4.74 Å². The summed E-state index contributed by atoms with van der Waals surface area (Å²) in [6.45, 7) is 0. The Bertz CT molecular complexity index is 675. The Morgan fingerprint density at radius 3 is 0.686 bits per heavy atom. The minimum atomic E-state index is -8.50. The molecule has 2 atom stereocenters. The van der Waals surface area contributed by atoms with Crippen LogP contribution < -0.4 is 0 Å². The average Bonchev–Trinajstić information content (AvgIpc) is 2.44. The lowest BCUT2D eigenvalue weighted by atomic mass is 9.90. The summed E-state index contributed by atoms with van der Waals surface area (Å²) in [7, 11) is 0. The molecule has 0 amide bonds. The second kappa shape index (κ2) is 8.48. The number of rotatable bonds is 8. The van der Waals surface area contributed by atoms with E-state index in [9.17, 15) is 96.6 Å². The molecule has 0 N–H and O–H groups in total. The van der Waals surface area contributed by atoms with Crippen molar-refractivity contribution < 1.29 is 101 Å². The van der Waals surface area contributed by atoms with Crippen LogP contribution in [0.5, 0.6) is 0 Å². The van der Waals surface area contributed by atoms with Crippen molar-refractivity contribution in [3.8, 4) is 0 Å². The van der Waals surface area contributed by atoms with Gasteiger partial charge in [-0.05, 0) is 0 Å².